The number of hydrogen-bond donors (Lipinski definition) is 1. The number of ketones is 1. The lowest BCUT2D eigenvalue weighted by molar-refractivity contribution is 0.00866. The van der Waals surface area contributed by atoms with E-state index in [2.05, 4.69) is 5.16 Å². The molecule has 0 amide bonds. The van der Waals surface area contributed by atoms with E-state index in [1.54, 1.807) is 12.1 Å². The summed E-state index contributed by atoms with van der Waals surface area (Å²) in [6.45, 7) is 2.05. The van der Waals surface area contributed by atoms with Crippen molar-refractivity contribution in [2.45, 2.75) is 25.6 Å². The molecular formula is C23H22ClNO6. The molecule has 0 radical (unpaired) electrons. The molecule has 0 saturated carbocycles. The molecule has 31 heavy (non-hydrogen) atoms. The van der Waals surface area contributed by atoms with Crippen molar-refractivity contribution in [2.75, 3.05) is 14.2 Å². The first-order valence-electron chi connectivity index (χ1n) is 9.74. The number of nitrogens with zero attached hydrogens (tertiary/aromatic N) is 1. The van der Waals surface area contributed by atoms with Crippen molar-refractivity contribution >= 4 is 23.1 Å². The van der Waals surface area contributed by atoms with E-state index in [4.69, 9.17) is 30.5 Å². The quantitative estimate of drug-likeness (QED) is 0.535. The standard InChI is InChI=1S/C23H22ClNO6/c1-13-9-15(25-27)10-18(30-12-14-7-5-4-6-8-14)23(13)22(26)19-16(28-2)11-17(29-3)20(24)21(19)31-23/h4-8,10-11,13,27H,9,12H2,1-3H3/t13?,23-/m0/s1. The van der Waals surface area contributed by atoms with E-state index in [0.29, 0.717) is 23.6 Å². The number of methoxy groups -OCH3 is 2. The van der Waals surface area contributed by atoms with E-state index in [1.165, 1.54) is 14.2 Å². The Bertz CT molecular complexity index is 1080. The Morgan fingerprint density at radius 1 is 1.23 bits per heavy atom. The van der Waals surface area contributed by atoms with Crippen molar-refractivity contribution in [1.82, 2.24) is 0 Å². The Balaban J connectivity index is 1.82. The van der Waals surface area contributed by atoms with Gasteiger partial charge in [-0.3, -0.25) is 4.79 Å². The van der Waals surface area contributed by atoms with Gasteiger partial charge in [0.25, 0.3) is 0 Å². The highest BCUT2D eigenvalue weighted by Crippen LogP contribution is 2.54. The lowest BCUT2D eigenvalue weighted by Crippen LogP contribution is -2.51. The molecule has 1 N–H and O–H groups in total. The molecule has 4 rings (SSSR count). The number of Topliss-reactive ketones (excluding diaryl/α,β-unsaturated/α-hetero) is 1. The molecule has 1 heterocycles. The van der Waals surface area contributed by atoms with E-state index >= 15 is 0 Å². The van der Waals surface area contributed by atoms with Gasteiger partial charge >= 0.3 is 0 Å². The predicted octanol–water partition coefficient (Wildman–Crippen LogP) is 4.64. The minimum Gasteiger partial charge on any atom is -0.496 e. The number of oxime groups is 1. The fourth-order valence-electron chi connectivity index (χ4n) is 4.06. The molecule has 8 heteroatoms. The number of carbonyl (C=O) groups is 1. The lowest BCUT2D eigenvalue weighted by Gasteiger charge is -2.37. The van der Waals surface area contributed by atoms with Gasteiger partial charge in [0.1, 0.15) is 28.7 Å². The van der Waals surface area contributed by atoms with Gasteiger partial charge in [-0.15, -0.1) is 0 Å². The van der Waals surface area contributed by atoms with Crippen molar-refractivity contribution in [3.8, 4) is 17.2 Å². The SMILES string of the molecule is COc1cc(OC)c2c(c1Cl)O[C@]1(C2=O)C(OCc2ccccc2)=CC(=NO)CC1C. The molecule has 1 aliphatic carbocycles. The van der Waals surface area contributed by atoms with Crippen LogP contribution >= 0.6 is 11.6 Å². The molecule has 2 aromatic rings. The van der Waals surface area contributed by atoms with Crippen molar-refractivity contribution in [1.29, 1.82) is 0 Å². The first-order chi connectivity index (χ1) is 15.0. The van der Waals surface area contributed by atoms with E-state index < -0.39 is 11.5 Å². The second-order valence-electron chi connectivity index (χ2n) is 7.45. The fraction of sp³-hybridized carbons (Fsp3) is 0.304. The molecule has 162 valence electrons. The molecule has 1 spiro atoms. The molecule has 0 aromatic heterocycles. The summed E-state index contributed by atoms with van der Waals surface area (Å²) in [5.41, 5.74) is 0.0802. The summed E-state index contributed by atoms with van der Waals surface area (Å²) in [5, 5.41) is 12.9. The number of halogens is 1. The predicted molar refractivity (Wildman–Crippen MR) is 115 cm³/mol. The van der Waals surface area contributed by atoms with Gasteiger partial charge in [-0.1, -0.05) is 54.0 Å². The topological polar surface area (TPSA) is 86.6 Å². The van der Waals surface area contributed by atoms with Gasteiger partial charge in [0.05, 0.1) is 19.9 Å². The highest BCUT2D eigenvalue weighted by atomic mass is 35.5. The Labute approximate surface area is 184 Å². The molecule has 1 unspecified atom stereocenters. The third-order valence-electron chi connectivity index (χ3n) is 5.66. The lowest BCUT2D eigenvalue weighted by atomic mass is 9.75. The number of allylic oxidation sites excluding steroid dienone is 1. The molecule has 2 aromatic carbocycles. The Morgan fingerprint density at radius 2 is 1.94 bits per heavy atom. The Hall–Kier alpha value is -3.19. The number of hydrogen-bond acceptors (Lipinski definition) is 7. The van der Waals surface area contributed by atoms with Crippen molar-refractivity contribution in [3.05, 3.63) is 64.4 Å². The van der Waals surface area contributed by atoms with Gasteiger partial charge in [0.15, 0.2) is 11.5 Å². The number of fused-ring (bicyclic) bond motifs is 1. The maximum Gasteiger partial charge on any atom is 0.231 e. The van der Waals surface area contributed by atoms with Crippen LogP contribution in [0.15, 0.2) is 53.4 Å². The third kappa shape index (κ3) is 3.29. The van der Waals surface area contributed by atoms with Crippen molar-refractivity contribution < 1.29 is 28.9 Å². The minimum absolute atomic E-state index is 0.180. The summed E-state index contributed by atoms with van der Waals surface area (Å²) >= 11 is 6.49. The zero-order valence-electron chi connectivity index (χ0n) is 17.3. The smallest absolute Gasteiger partial charge is 0.231 e. The average Bonchev–Trinajstić information content (AvgIpc) is 3.10. The fourth-order valence-corrected chi connectivity index (χ4v) is 4.32. The van der Waals surface area contributed by atoms with E-state index in [1.807, 2.05) is 37.3 Å². The van der Waals surface area contributed by atoms with Crippen LogP contribution in [0.1, 0.15) is 29.3 Å². The highest BCUT2D eigenvalue weighted by molar-refractivity contribution is 6.35. The van der Waals surface area contributed by atoms with Gasteiger partial charge < -0.3 is 24.2 Å². The summed E-state index contributed by atoms with van der Waals surface area (Å²) in [6.07, 6.45) is 1.86. The maximum atomic E-state index is 13.8. The third-order valence-corrected chi connectivity index (χ3v) is 6.02. The van der Waals surface area contributed by atoms with Crippen LogP contribution in [-0.2, 0) is 11.3 Å². The normalized spacial score (nSPS) is 23.4. The van der Waals surface area contributed by atoms with E-state index in [0.717, 1.165) is 5.56 Å². The summed E-state index contributed by atoms with van der Waals surface area (Å²) in [6, 6.07) is 11.1. The number of rotatable bonds is 5. The van der Waals surface area contributed by atoms with E-state index in [-0.39, 0.29) is 34.5 Å². The summed E-state index contributed by atoms with van der Waals surface area (Å²) in [4.78, 5) is 13.8. The first-order valence-corrected chi connectivity index (χ1v) is 10.1. The molecule has 0 bridgehead atoms. The van der Waals surface area contributed by atoms with Crippen molar-refractivity contribution in [2.24, 2.45) is 11.1 Å². The molecular weight excluding hydrogens is 422 g/mol. The van der Waals surface area contributed by atoms with Crippen molar-refractivity contribution in [3.63, 3.8) is 0 Å². The number of benzene rings is 2. The summed E-state index contributed by atoms with van der Waals surface area (Å²) < 4.78 is 23.1. The zero-order valence-corrected chi connectivity index (χ0v) is 18.1. The molecule has 1 aliphatic heterocycles. The van der Waals surface area contributed by atoms with E-state index in [9.17, 15) is 10.0 Å². The van der Waals surface area contributed by atoms with Crippen LogP contribution in [0.4, 0.5) is 0 Å². The second-order valence-corrected chi connectivity index (χ2v) is 7.82. The Kier molecular flexibility index (Phi) is 5.54. The van der Waals surface area contributed by atoms with Gasteiger partial charge in [-0.2, -0.15) is 0 Å². The van der Waals surface area contributed by atoms with Crippen LogP contribution in [0.2, 0.25) is 5.02 Å². The zero-order chi connectivity index (χ0) is 22.2. The molecule has 0 saturated heterocycles. The molecule has 0 fully saturated rings. The van der Waals surface area contributed by atoms with Gasteiger partial charge in [0, 0.05) is 24.5 Å². The van der Waals surface area contributed by atoms with Crippen LogP contribution in [0.25, 0.3) is 0 Å². The van der Waals surface area contributed by atoms with Crippen LogP contribution in [-0.4, -0.2) is 36.5 Å². The van der Waals surface area contributed by atoms with Crippen LogP contribution in [0, 0.1) is 5.92 Å². The monoisotopic (exact) mass is 443 g/mol. The number of carbonyl (C=O) groups excluding carboxylic acids is 1. The largest absolute Gasteiger partial charge is 0.496 e. The van der Waals surface area contributed by atoms with Gasteiger partial charge in [-0.25, -0.2) is 0 Å². The average molecular weight is 444 g/mol. The molecule has 7 nitrogen and oxygen atoms in total. The minimum atomic E-state index is -1.46. The summed E-state index contributed by atoms with van der Waals surface area (Å²) in [5.74, 6) is 0.344. The molecule has 2 atom stereocenters. The molecule has 2 aliphatic rings. The Morgan fingerprint density at radius 3 is 2.58 bits per heavy atom. The van der Waals surface area contributed by atoms with Crippen LogP contribution in [0.3, 0.4) is 0 Å². The first kappa shape index (κ1) is 21.1. The van der Waals surface area contributed by atoms with Gasteiger partial charge in [0.2, 0.25) is 11.4 Å². The second kappa shape index (κ2) is 8.15. The van der Waals surface area contributed by atoms with Gasteiger partial charge in [-0.05, 0) is 5.56 Å². The van der Waals surface area contributed by atoms with Crippen LogP contribution < -0.4 is 14.2 Å². The van der Waals surface area contributed by atoms with Crippen LogP contribution in [0.5, 0.6) is 17.2 Å². The highest BCUT2D eigenvalue weighted by Gasteiger charge is 2.59. The summed E-state index contributed by atoms with van der Waals surface area (Å²) in [7, 11) is 2.94. The maximum absolute atomic E-state index is 13.8. The number of ether oxygens (including phenoxy) is 4.